The number of carbonyl (C=O) groups is 2. The molecule has 0 radical (unpaired) electrons. The Morgan fingerprint density at radius 3 is 2.45 bits per heavy atom. The monoisotopic (exact) mass is 452 g/mol. The van der Waals surface area contributed by atoms with Crippen LogP contribution in [0.4, 0.5) is 0 Å². The van der Waals surface area contributed by atoms with Crippen LogP contribution in [0.1, 0.15) is 31.0 Å². The molecule has 1 amide bonds. The number of ketones is 1. The van der Waals surface area contributed by atoms with Crippen LogP contribution in [-0.4, -0.2) is 72.2 Å². The number of hydrogen-bond acceptors (Lipinski definition) is 6. The first-order valence-corrected chi connectivity index (χ1v) is 11.3. The highest BCUT2D eigenvalue weighted by Crippen LogP contribution is 2.39. The van der Waals surface area contributed by atoms with E-state index >= 15 is 0 Å². The van der Waals surface area contributed by atoms with E-state index in [-0.39, 0.29) is 17.4 Å². The number of nitrogens with one attached hydrogen (secondary N) is 1. The molecule has 1 aromatic heterocycles. The molecule has 0 spiro atoms. The molecule has 1 unspecified atom stereocenters. The highest BCUT2D eigenvalue weighted by atomic mass is 16.5. The van der Waals surface area contributed by atoms with Gasteiger partial charge < -0.3 is 24.4 Å². The molecule has 1 atom stereocenters. The third-order valence-corrected chi connectivity index (χ3v) is 5.97. The van der Waals surface area contributed by atoms with E-state index in [1.807, 2.05) is 13.8 Å². The molecule has 33 heavy (non-hydrogen) atoms. The number of quaternary nitrogens is 1. The predicted octanol–water partition coefficient (Wildman–Crippen LogP) is 1.21. The van der Waals surface area contributed by atoms with Crippen molar-refractivity contribution in [3.8, 4) is 5.75 Å². The second kappa shape index (κ2) is 10.1. The number of morpholine rings is 1. The second-order valence-corrected chi connectivity index (χ2v) is 8.58. The molecule has 1 aromatic carbocycles. The number of hydrogen-bond donors (Lipinski definition) is 2. The fourth-order valence-corrected chi connectivity index (χ4v) is 4.31. The van der Waals surface area contributed by atoms with Crippen molar-refractivity contribution in [2.24, 2.45) is 0 Å². The van der Waals surface area contributed by atoms with Crippen LogP contribution in [0.15, 0.2) is 54.4 Å². The number of likely N-dealkylation sites (tertiary alicyclic amines) is 1. The van der Waals surface area contributed by atoms with Crippen LogP contribution in [0, 0.1) is 0 Å². The van der Waals surface area contributed by atoms with E-state index in [1.54, 1.807) is 53.7 Å². The molecule has 2 fully saturated rings. The summed E-state index contributed by atoms with van der Waals surface area (Å²) in [6, 6.07) is 9.77. The van der Waals surface area contributed by atoms with Gasteiger partial charge in [-0.3, -0.25) is 14.6 Å². The van der Waals surface area contributed by atoms with Crippen LogP contribution >= 0.6 is 0 Å². The summed E-state index contributed by atoms with van der Waals surface area (Å²) >= 11 is 0. The van der Waals surface area contributed by atoms with Crippen LogP contribution < -0.4 is 9.64 Å². The van der Waals surface area contributed by atoms with Crippen molar-refractivity contribution in [3.63, 3.8) is 0 Å². The fraction of sp³-hybridized carbons (Fsp3) is 0.400. The van der Waals surface area contributed by atoms with Crippen molar-refractivity contribution in [2.45, 2.75) is 26.0 Å². The zero-order valence-corrected chi connectivity index (χ0v) is 19.0. The normalized spacial score (nSPS) is 21.1. The third-order valence-electron chi connectivity index (χ3n) is 5.97. The first-order chi connectivity index (χ1) is 16.0. The summed E-state index contributed by atoms with van der Waals surface area (Å²) in [6.45, 7) is 8.11. The van der Waals surface area contributed by atoms with Gasteiger partial charge in [-0.2, -0.15) is 0 Å². The number of aliphatic hydroxyl groups is 1. The zero-order valence-electron chi connectivity index (χ0n) is 19.0. The van der Waals surface area contributed by atoms with Crippen LogP contribution in [0.25, 0.3) is 5.76 Å². The van der Waals surface area contributed by atoms with Gasteiger partial charge in [0.1, 0.15) is 24.6 Å². The predicted molar refractivity (Wildman–Crippen MR) is 122 cm³/mol. The van der Waals surface area contributed by atoms with Crippen LogP contribution in [-0.2, 0) is 14.3 Å². The van der Waals surface area contributed by atoms with E-state index in [0.29, 0.717) is 37.6 Å². The van der Waals surface area contributed by atoms with Gasteiger partial charge in [-0.1, -0.05) is 0 Å². The van der Waals surface area contributed by atoms with Gasteiger partial charge in [0, 0.05) is 18.0 Å². The molecule has 8 heteroatoms. The van der Waals surface area contributed by atoms with Gasteiger partial charge in [0.15, 0.2) is 0 Å². The molecule has 2 aromatic rings. The molecule has 0 saturated carbocycles. The summed E-state index contributed by atoms with van der Waals surface area (Å²) in [5.74, 6) is -0.784. The van der Waals surface area contributed by atoms with Crippen molar-refractivity contribution in [1.82, 2.24) is 9.88 Å². The van der Waals surface area contributed by atoms with Gasteiger partial charge in [0.25, 0.3) is 11.7 Å². The third kappa shape index (κ3) is 5.07. The maximum atomic E-state index is 13.1. The maximum absolute atomic E-state index is 13.1. The second-order valence-electron chi connectivity index (χ2n) is 8.58. The smallest absolute Gasteiger partial charge is 0.295 e. The van der Waals surface area contributed by atoms with Gasteiger partial charge in [0.05, 0.1) is 44.0 Å². The maximum Gasteiger partial charge on any atom is 0.295 e. The molecule has 174 valence electrons. The average molecular weight is 453 g/mol. The number of aromatic nitrogens is 1. The van der Waals surface area contributed by atoms with Crippen LogP contribution in [0.2, 0.25) is 0 Å². The number of Topliss-reactive ketones (excluding diaryl/α,β-unsaturated/α-hetero) is 1. The summed E-state index contributed by atoms with van der Waals surface area (Å²) in [6.07, 6.45) is 3.27. The average Bonchev–Trinajstić information content (AvgIpc) is 3.08. The van der Waals surface area contributed by atoms with Gasteiger partial charge in [-0.05, 0) is 55.8 Å². The van der Waals surface area contributed by atoms with E-state index in [2.05, 4.69) is 4.98 Å². The van der Waals surface area contributed by atoms with Crippen molar-refractivity contribution in [2.75, 3.05) is 39.4 Å². The molecular weight excluding hydrogens is 422 g/mol. The first kappa shape index (κ1) is 22.9. The highest BCUT2D eigenvalue weighted by Gasteiger charge is 2.46. The Hall–Kier alpha value is -3.23. The molecular formula is C25H30N3O5+. The van der Waals surface area contributed by atoms with E-state index in [1.165, 1.54) is 4.90 Å². The fourth-order valence-electron chi connectivity index (χ4n) is 4.31. The molecule has 2 saturated heterocycles. The highest BCUT2D eigenvalue weighted by molar-refractivity contribution is 6.46. The van der Waals surface area contributed by atoms with E-state index in [9.17, 15) is 14.7 Å². The lowest BCUT2D eigenvalue weighted by Crippen LogP contribution is -3.14. The standard InChI is InChI=1S/C25H29N3O5/c1-17(2)33-20-5-3-19(4-6-20)23(29)21-22(18-7-9-26-10-8-18)28(25(31)24(21)30)12-11-27-13-15-32-16-14-27/h3-10,17,22,29H,11-16H2,1-2H3/p+1. The number of rotatable bonds is 7. The van der Waals surface area contributed by atoms with E-state index in [4.69, 9.17) is 9.47 Å². The van der Waals surface area contributed by atoms with Crippen molar-refractivity contribution >= 4 is 17.4 Å². The minimum atomic E-state index is -0.672. The first-order valence-electron chi connectivity index (χ1n) is 11.3. The van der Waals surface area contributed by atoms with Crippen LogP contribution in [0.5, 0.6) is 5.75 Å². The van der Waals surface area contributed by atoms with Crippen molar-refractivity contribution < 1.29 is 29.1 Å². The summed E-state index contributed by atoms with van der Waals surface area (Å²) in [4.78, 5) is 33.1. The Bertz CT molecular complexity index is 1010. The van der Waals surface area contributed by atoms with Gasteiger partial charge in [-0.15, -0.1) is 0 Å². The van der Waals surface area contributed by atoms with Gasteiger partial charge in [0.2, 0.25) is 0 Å². The van der Waals surface area contributed by atoms with Crippen molar-refractivity contribution in [1.29, 1.82) is 0 Å². The topological polar surface area (TPSA) is 93.4 Å². The van der Waals surface area contributed by atoms with E-state index < -0.39 is 17.7 Å². The molecule has 3 heterocycles. The number of benzene rings is 1. The molecule has 2 N–H and O–H groups in total. The molecule has 2 aliphatic heterocycles. The summed E-state index contributed by atoms with van der Waals surface area (Å²) in [5, 5.41) is 11.1. The summed E-state index contributed by atoms with van der Waals surface area (Å²) in [5.41, 5.74) is 1.30. The SMILES string of the molecule is CC(C)Oc1ccc(C(O)=C2C(=O)C(=O)N(CC[NH+]3CCOCC3)C2c2ccncc2)cc1. The number of pyridine rings is 1. The number of ether oxygens (including phenoxy) is 2. The lowest BCUT2D eigenvalue weighted by Gasteiger charge is -2.29. The van der Waals surface area contributed by atoms with Gasteiger partial charge in [-0.25, -0.2) is 0 Å². The number of aliphatic hydroxyl groups excluding tert-OH is 1. The molecule has 0 aliphatic carbocycles. The number of amides is 1. The Kier molecular flexibility index (Phi) is 7.05. The van der Waals surface area contributed by atoms with Gasteiger partial charge >= 0.3 is 0 Å². The Morgan fingerprint density at radius 2 is 1.82 bits per heavy atom. The summed E-state index contributed by atoms with van der Waals surface area (Å²) < 4.78 is 11.1. The summed E-state index contributed by atoms with van der Waals surface area (Å²) in [7, 11) is 0. The number of carbonyl (C=O) groups excluding carboxylic acids is 2. The minimum absolute atomic E-state index is 0.0232. The lowest BCUT2D eigenvalue weighted by atomic mass is 9.96. The molecule has 2 aliphatic rings. The number of nitrogens with zero attached hydrogens (tertiary/aromatic N) is 2. The van der Waals surface area contributed by atoms with Crippen molar-refractivity contribution in [3.05, 3.63) is 65.5 Å². The quantitative estimate of drug-likeness (QED) is 0.373. The largest absolute Gasteiger partial charge is 0.507 e. The van der Waals surface area contributed by atoms with Crippen LogP contribution in [0.3, 0.4) is 0 Å². The zero-order chi connectivity index (χ0) is 23.4. The van der Waals surface area contributed by atoms with E-state index in [0.717, 1.165) is 18.7 Å². The Morgan fingerprint density at radius 1 is 1.15 bits per heavy atom. The minimum Gasteiger partial charge on any atom is -0.507 e. The molecule has 0 bridgehead atoms. The molecule has 4 rings (SSSR count). The Balaban J connectivity index is 1.67. The lowest BCUT2D eigenvalue weighted by molar-refractivity contribution is -0.907. The Labute approximate surface area is 193 Å². The molecule has 8 nitrogen and oxygen atoms in total.